The van der Waals surface area contributed by atoms with Gasteiger partial charge in [-0.2, -0.15) is 0 Å². The van der Waals surface area contributed by atoms with E-state index in [2.05, 4.69) is 252 Å². The molecule has 0 aromatic heterocycles. The lowest BCUT2D eigenvalue weighted by molar-refractivity contribution is 0.100. The molecule has 11 aromatic rings. The van der Waals surface area contributed by atoms with Crippen LogP contribution in [0.2, 0.25) is 0 Å². The van der Waals surface area contributed by atoms with E-state index in [0.29, 0.717) is 11.1 Å². The average molecular weight is 977 g/mol. The second kappa shape index (κ2) is 18.7. The van der Waals surface area contributed by atoms with Gasteiger partial charge in [-0.3, -0.25) is 9.59 Å². The van der Waals surface area contributed by atoms with Gasteiger partial charge >= 0.3 is 0 Å². The molecule has 4 heteroatoms. The zero-order valence-corrected chi connectivity index (χ0v) is 42.3. The van der Waals surface area contributed by atoms with E-state index >= 15 is 0 Å². The van der Waals surface area contributed by atoms with Crippen molar-refractivity contribution in [3.05, 3.63) is 335 Å². The third-order valence-electron chi connectivity index (χ3n) is 15.8. The normalized spacial score (nSPS) is 15.7. The van der Waals surface area contributed by atoms with Gasteiger partial charge in [0.1, 0.15) is 0 Å². The molecule has 0 saturated carbocycles. The minimum atomic E-state index is -0.794. The van der Waals surface area contributed by atoms with Crippen LogP contribution in [-0.2, 0) is 10.8 Å². The molecule has 4 nitrogen and oxygen atoms in total. The molecule has 0 radical (unpaired) electrons. The minimum absolute atomic E-state index is 0.0310. The summed E-state index contributed by atoms with van der Waals surface area (Å²) < 4.78 is 0. The lowest BCUT2D eigenvalue weighted by Gasteiger charge is -2.57. The second-order valence-electron chi connectivity index (χ2n) is 19.9. The van der Waals surface area contributed by atoms with E-state index in [1.165, 1.54) is 33.4 Å². The van der Waals surface area contributed by atoms with Crippen LogP contribution in [0.5, 0.6) is 0 Å². The standard InChI is InChI=1S/C72H52N2O2/c1-49(75)51-19-17-21-53(45-51)55-33-43-67-69(47-55)71(57-35-39-63(40-36-57)73(59-23-7-3-8-24-59)60-25-9-4-10-26-60)65-31-15-16-32-66(65)72(67,70-48-56(34-44-68(70)71)54-22-18-20-52(46-54)50(2)76)58-37-41-64(42-38-58)74(61-27-11-5-12-28-61)62-29-13-6-14-30-62/h3-48H,1-2H3/t71-,72-/m1/s1. The van der Waals surface area contributed by atoms with Gasteiger partial charge in [0, 0.05) is 45.3 Å². The largest absolute Gasteiger partial charge is 0.311 e. The third-order valence-corrected chi connectivity index (χ3v) is 15.8. The van der Waals surface area contributed by atoms with E-state index in [4.69, 9.17) is 0 Å². The molecular formula is C72H52N2O2. The van der Waals surface area contributed by atoms with Gasteiger partial charge in [-0.25, -0.2) is 0 Å². The smallest absolute Gasteiger partial charge is 0.159 e. The Hall–Kier alpha value is -9.64. The molecule has 76 heavy (non-hydrogen) atoms. The van der Waals surface area contributed by atoms with Crippen LogP contribution in [0.15, 0.2) is 279 Å². The van der Waals surface area contributed by atoms with Gasteiger partial charge in [0.2, 0.25) is 0 Å². The molecule has 2 atom stereocenters. The number of nitrogens with zero attached hydrogens (tertiary/aromatic N) is 2. The molecule has 0 spiro atoms. The Morgan fingerprint density at radius 1 is 0.263 bits per heavy atom. The fourth-order valence-electron chi connectivity index (χ4n) is 12.4. The Kier molecular flexibility index (Phi) is 11.4. The summed E-state index contributed by atoms with van der Waals surface area (Å²) in [6, 6.07) is 99.8. The summed E-state index contributed by atoms with van der Waals surface area (Å²) in [7, 11) is 0. The van der Waals surface area contributed by atoms with Gasteiger partial charge in [-0.15, -0.1) is 0 Å². The number of ketones is 2. The number of rotatable bonds is 12. The van der Waals surface area contributed by atoms with Crippen molar-refractivity contribution < 1.29 is 9.59 Å². The average Bonchev–Trinajstić information content (AvgIpc) is 3.67. The zero-order chi connectivity index (χ0) is 51.4. The predicted molar refractivity (Wildman–Crippen MR) is 310 cm³/mol. The van der Waals surface area contributed by atoms with Crippen LogP contribution in [0.4, 0.5) is 34.1 Å². The molecular weight excluding hydrogens is 925 g/mol. The van der Waals surface area contributed by atoms with E-state index in [0.717, 1.165) is 67.5 Å². The number of carbonyl (C=O) groups excluding carboxylic acids is 2. The topological polar surface area (TPSA) is 40.6 Å². The monoisotopic (exact) mass is 976 g/mol. The summed E-state index contributed by atoms with van der Waals surface area (Å²) in [5.41, 5.74) is 19.6. The molecule has 14 rings (SSSR count). The predicted octanol–water partition coefficient (Wildman–Crippen LogP) is 17.8. The first kappa shape index (κ1) is 46.2. The van der Waals surface area contributed by atoms with Crippen molar-refractivity contribution in [2.45, 2.75) is 24.7 Å². The van der Waals surface area contributed by atoms with E-state index in [1.54, 1.807) is 13.8 Å². The Bertz CT molecular complexity index is 3650. The second-order valence-corrected chi connectivity index (χ2v) is 19.9. The van der Waals surface area contributed by atoms with Crippen LogP contribution in [0.25, 0.3) is 22.3 Å². The van der Waals surface area contributed by atoms with E-state index in [9.17, 15) is 9.59 Å². The molecule has 3 aliphatic rings. The van der Waals surface area contributed by atoms with Crippen LogP contribution in [0, 0.1) is 0 Å². The molecule has 0 aliphatic heterocycles. The number of hydrogen-bond donors (Lipinski definition) is 0. The van der Waals surface area contributed by atoms with Gasteiger partial charge < -0.3 is 9.80 Å². The van der Waals surface area contributed by atoms with Crippen molar-refractivity contribution in [1.29, 1.82) is 0 Å². The molecule has 0 N–H and O–H groups in total. The summed E-state index contributed by atoms with van der Waals surface area (Å²) in [4.78, 5) is 30.5. The number of anilines is 6. The first-order valence-corrected chi connectivity index (χ1v) is 26.0. The maximum Gasteiger partial charge on any atom is 0.159 e. The highest BCUT2D eigenvalue weighted by atomic mass is 16.1. The third kappa shape index (κ3) is 7.36. The molecule has 0 fully saturated rings. The van der Waals surface area contributed by atoms with Crippen molar-refractivity contribution in [2.75, 3.05) is 9.80 Å². The summed E-state index contributed by atoms with van der Waals surface area (Å²) >= 11 is 0. The maximum atomic E-state index is 12.9. The first-order chi connectivity index (χ1) is 37.3. The Balaban J connectivity index is 1.10. The van der Waals surface area contributed by atoms with Gasteiger partial charge in [-0.05, 0) is 178 Å². The molecule has 0 unspecified atom stereocenters. The van der Waals surface area contributed by atoms with Gasteiger partial charge in [0.15, 0.2) is 11.6 Å². The van der Waals surface area contributed by atoms with Crippen LogP contribution in [-0.4, -0.2) is 11.6 Å². The molecule has 362 valence electrons. The number of para-hydroxylation sites is 4. The summed E-state index contributed by atoms with van der Waals surface area (Å²) in [6.45, 7) is 3.26. The van der Waals surface area contributed by atoms with E-state index in [-0.39, 0.29) is 11.6 Å². The SMILES string of the molecule is CC(=O)c1cccc(-c2ccc3c(c2)[C@]2(c4ccc(N(c5ccccc5)c5ccccc5)cc4)c4ccccc4[C@@]3(c3ccc(N(c4ccccc4)c4ccccc4)cc3)c3cc(-c4cccc(C(C)=O)c4)ccc32)c1. The summed E-state index contributed by atoms with van der Waals surface area (Å²) in [5.74, 6) is 0.0620. The van der Waals surface area contributed by atoms with Gasteiger partial charge in [0.25, 0.3) is 0 Å². The van der Waals surface area contributed by atoms with E-state index < -0.39 is 10.8 Å². The van der Waals surface area contributed by atoms with Crippen LogP contribution < -0.4 is 9.80 Å². The van der Waals surface area contributed by atoms with Crippen LogP contribution >= 0.6 is 0 Å². The quantitative estimate of drug-likeness (QED) is 0.114. The Morgan fingerprint density at radius 2 is 0.553 bits per heavy atom. The lowest BCUT2D eigenvalue weighted by Crippen LogP contribution is -2.52. The maximum absolute atomic E-state index is 12.9. The highest BCUT2D eigenvalue weighted by Gasteiger charge is 2.60. The highest BCUT2D eigenvalue weighted by Crippen LogP contribution is 2.67. The fraction of sp³-hybridized carbons (Fsp3) is 0.0556. The van der Waals surface area contributed by atoms with Crippen LogP contribution in [0.3, 0.4) is 0 Å². The molecule has 0 amide bonds. The van der Waals surface area contributed by atoms with Crippen molar-refractivity contribution in [3.63, 3.8) is 0 Å². The number of carbonyl (C=O) groups is 2. The van der Waals surface area contributed by atoms with Gasteiger partial charge in [-0.1, -0.05) is 182 Å². The number of Topliss-reactive ketones (excluding diaryl/α,β-unsaturated/α-hetero) is 2. The first-order valence-electron chi connectivity index (χ1n) is 26.0. The number of hydrogen-bond acceptors (Lipinski definition) is 4. The zero-order valence-electron chi connectivity index (χ0n) is 42.3. The van der Waals surface area contributed by atoms with Crippen LogP contribution in [0.1, 0.15) is 79.1 Å². The summed E-state index contributed by atoms with van der Waals surface area (Å²) in [6.07, 6.45) is 0. The van der Waals surface area contributed by atoms with Crippen molar-refractivity contribution in [2.24, 2.45) is 0 Å². The van der Waals surface area contributed by atoms with Gasteiger partial charge in [0.05, 0.1) is 10.8 Å². The molecule has 0 heterocycles. The Morgan fingerprint density at radius 3 is 0.882 bits per heavy atom. The minimum Gasteiger partial charge on any atom is -0.311 e. The highest BCUT2D eigenvalue weighted by molar-refractivity contribution is 5.96. The lowest BCUT2D eigenvalue weighted by atomic mass is 9.44. The molecule has 3 aliphatic carbocycles. The molecule has 2 bridgehead atoms. The molecule has 0 saturated heterocycles. The van der Waals surface area contributed by atoms with Crippen molar-refractivity contribution in [3.8, 4) is 22.3 Å². The Labute approximate surface area is 444 Å². The number of benzene rings is 11. The molecule has 11 aromatic carbocycles. The fourth-order valence-corrected chi connectivity index (χ4v) is 12.4. The summed E-state index contributed by atoms with van der Waals surface area (Å²) in [5, 5.41) is 0. The van der Waals surface area contributed by atoms with Crippen molar-refractivity contribution >= 4 is 45.7 Å². The van der Waals surface area contributed by atoms with E-state index in [1.807, 2.05) is 36.4 Å². The van der Waals surface area contributed by atoms with Crippen molar-refractivity contribution in [1.82, 2.24) is 0 Å².